The van der Waals surface area contributed by atoms with Crippen molar-refractivity contribution < 1.29 is 8.49 Å². The molecule has 2 aromatic carbocycles. The number of nitrogens with zero attached hydrogens (tertiary/aromatic N) is 4. The van der Waals surface area contributed by atoms with E-state index < -0.39 is 11.3 Å². The Kier molecular flexibility index (Phi) is 5.32. The van der Waals surface area contributed by atoms with E-state index in [4.69, 9.17) is 14.3 Å². The summed E-state index contributed by atoms with van der Waals surface area (Å²) in [7, 11) is 0. The Morgan fingerprint density at radius 1 is 1.03 bits per heavy atom. The minimum absolute atomic E-state index is 0.470. The lowest BCUT2D eigenvalue weighted by atomic mass is 9.98. The number of rotatable bonds is 5. The zero-order chi connectivity index (χ0) is 22.2. The minimum atomic E-state index is -1.70. The molecule has 4 aromatic rings. The summed E-state index contributed by atoms with van der Waals surface area (Å²) < 4.78 is 22.6. The molecular weight excluding hydrogens is 422 g/mol. The molecule has 1 aliphatic heterocycles. The van der Waals surface area contributed by atoms with Gasteiger partial charge in [-0.3, -0.25) is 0 Å². The highest BCUT2D eigenvalue weighted by Crippen LogP contribution is 2.26. The smallest absolute Gasteiger partial charge is 0.308 e. The molecule has 3 heterocycles. The number of hydrogen-bond acceptors (Lipinski definition) is 5. The van der Waals surface area contributed by atoms with Crippen LogP contribution < -0.4 is 5.48 Å². The van der Waals surface area contributed by atoms with Gasteiger partial charge in [0, 0.05) is 17.7 Å². The van der Waals surface area contributed by atoms with Crippen molar-refractivity contribution >= 4 is 28.3 Å². The van der Waals surface area contributed by atoms with Crippen LogP contribution in [0.5, 0.6) is 0 Å². The lowest BCUT2D eigenvalue weighted by molar-refractivity contribution is 0.306. The summed E-state index contributed by atoms with van der Waals surface area (Å²) in [5.41, 5.74) is 10.8. The molecule has 0 spiro atoms. The molecule has 162 valence electrons. The number of hydroxylamine groups is 1. The van der Waals surface area contributed by atoms with Gasteiger partial charge in [0.2, 0.25) is 0 Å². The molecule has 0 fully saturated rings. The van der Waals surface area contributed by atoms with Crippen LogP contribution in [0.1, 0.15) is 35.1 Å². The van der Waals surface area contributed by atoms with Crippen LogP contribution in [-0.4, -0.2) is 24.6 Å². The first-order valence-electron chi connectivity index (χ1n) is 10.5. The van der Waals surface area contributed by atoms with Crippen molar-refractivity contribution in [3.05, 3.63) is 82.8 Å². The van der Waals surface area contributed by atoms with E-state index in [2.05, 4.69) is 58.6 Å². The first-order chi connectivity index (χ1) is 15.5. The molecule has 0 radical (unpaired) electrons. The maximum atomic E-state index is 11.5. The summed E-state index contributed by atoms with van der Waals surface area (Å²) in [5.74, 6) is 1.51. The number of hydrogen-bond donors (Lipinski definition) is 1. The Hall–Kier alpha value is -3.36. The van der Waals surface area contributed by atoms with Crippen molar-refractivity contribution in [2.75, 3.05) is 0 Å². The highest BCUT2D eigenvalue weighted by Gasteiger charge is 2.19. The van der Waals surface area contributed by atoms with Crippen molar-refractivity contribution in [2.24, 2.45) is 4.40 Å². The Morgan fingerprint density at radius 2 is 1.78 bits per heavy atom. The van der Waals surface area contributed by atoms with Gasteiger partial charge in [-0.2, -0.15) is 4.28 Å². The van der Waals surface area contributed by atoms with Crippen LogP contribution in [0.3, 0.4) is 0 Å². The van der Waals surface area contributed by atoms with Crippen molar-refractivity contribution in [1.82, 2.24) is 20.0 Å². The van der Waals surface area contributed by atoms with Gasteiger partial charge in [0.05, 0.1) is 6.54 Å². The predicted molar refractivity (Wildman–Crippen MR) is 126 cm³/mol. The van der Waals surface area contributed by atoms with Gasteiger partial charge in [0.1, 0.15) is 11.3 Å². The molecule has 7 nitrogen and oxygen atoms in total. The quantitative estimate of drug-likeness (QED) is 0.498. The molecule has 0 bridgehead atoms. The van der Waals surface area contributed by atoms with E-state index in [0.717, 1.165) is 51.4 Å². The topological polar surface area (TPSA) is 81.4 Å². The molecule has 1 N–H and O–H groups in total. The Balaban J connectivity index is 1.49. The summed E-state index contributed by atoms with van der Waals surface area (Å²) >= 11 is -1.70. The summed E-state index contributed by atoms with van der Waals surface area (Å²) in [6, 6.07) is 18.4. The molecule has 32 heavy (non-hydrogen) atoms. The Labute approximate surface area is 189 Å². The SMILES string of the molecule is CCc1nc2c(C)cc(C)nc2n1Cc1ccc(-c2ccccc2C2=NS(=O)ON2)cc1. The van der Waals surface area contributed by atoms with Crippen LogP contribution in [0, 0.1) is 13.8 Å². The molecule has 1 aliphatic rings. The van der Waals surface area contributed by atoms with E-state index in [1.807, 2.05) is 31.2 Å². The number of aromatic nitrogens is 3. The fourth-order valence-electron chi connectivity index (χ4n) is 4.09. The van der Waals surface area contributed by atoms with E-state index in [1.54, 1.807) is 0 Å². The Bertz CT molecular complexity index is 1380. The lowest BCUT2D eigenvalue weighted by Gasteiger charge is -2.11. The third kappa shape index (κ3) is 3.72. The number of amidine groups is 1. The second-order valence-corrected chi connectivity index (χ2v) is 8.59. The van der Waals surface area contributed by atoms with Crippen LogP contribution in [0.4, 0.5) is 0 Å². The van der Waals surface area contributed by atoms with E-state index in [0.29, 0.717) is 12.4 Å². The van der Waals surface area contributed by atoms with Gasteiger partial charge in [-0.25, -0.2) is 19.7 Å². The molecule has 0 saturated heterocycles. The summed E-state index contributed by atoms with van der Waals surface area (Å²) in [6.45, 7) is 6.94. The van der Waals surface area contributed by atoms with E-state index in [9.17, 15) is 4.21 Å². The highest BCUT2D eigenvalue weighted by atomic mass is 32.2. The fourth-order valence-corrected chi connectivity index (χ4v) is 4.56. The number of aryl methyl sites for hydroxylation is 3. The number of fused-ring (bicyclic) bond motifs is 1. The van der Waals surface area contributed by atoms with Crippen LogP contribution in [0.2, 0.25) is 0 Å². The van der Waals surface area contributed by atoms with Crippen molar-refractivity contribution in [3.63, 3.8) is 0 Å². The van der Waals surface area contributed by atoms with Gasteiger partial charge in [-0.15, -0.1) is 4.40 Å². The van der Waals surface area contributed by atoms with Gasteiger partial charge < -0.3 is 4.57 Å². The fraction of sp³-hybridized carbons (Fsp3) is 0.208. The normalized spacial score (nSPS) is 15.7. The summed E-state index contributed by atoms with van der Waals surface area (Å²) in [4.78, 5) is 9.61. The number of pyridine rings is 1. The molecule has 0 saturated carbocycles. The number of imidazole rings is 1. The van der Waals surface area contributed by atoms with E-state index in [-0.39, 0.29) is 0 Å². The molecule has 2 aromatic heterocycles. The molecular formula is C24H23N5O2S. The van der Waals surface area contributed by atoms with Crippen molar-refractivity contribution in [3.8, 4) is 11.1 Å². The largest absolute Gasteiger partial charge is 0.309 e. The zero-order valence-electron chi connectivity index (χ0n) is 18.1. The third-order valence-corrected chi connectivity index (χ3v) is 6.14. The standard InChI is InChI=1S/C24H23N5O2S/c1-4-21-26-22-15(2)13-16(3)25-24(22)29(21)14-17-9-11-18(12-10-17)19-7-5-6-8-20(19)23-27-31-32(30)28-23/h5-13H,4,14H2,1-3H3,(H,27,28). The molecule has 0 aliphatic carbocycles. The monoisotopic (exact) mass is 445 g/mol. The van der Waals surface area contributed by atoms with Gasteiger partial charge in [-0.1, -0.05) is 55.5 Å². The second-order valence-electron chi connectivity index (χ2n) is 7.81. The molecule has 5 rings (SSSR count). The average molecular weight is 446 g/mol. The van der Waals surface area contributed by atoms with Gasteiger partial charge in [0.25, 0.3) is 0 Å². The van der Waals surface area contributed by atoms with Crippen molar-refractivity contribution in [1.29, 1.82) is 0 Å². The minimum Gasteiger partial charge on any atom is -0.308 e. The number of benzene rings is 2. The molecule has 1 atom stereocenters. The third-order valence-electron chi connectivity index (χ3n) is 5.58. The summed E-state index contributed by atoms with van der Waals surface area (Å²) in [6.07, 6.45) is 0.846. The number of nitrogens with one attached hydrogen (secondary N) is 1. The maximum absolute atomic E-state index is 11.5. The zero-order valence-corrected chi connectivity index (χ0v) is 18.9. The van der Waals surface area contributed by atoms with Crippen LogP contribution in [0.15, 0.2) is 59.0 Å². The maximum Gasteiger partial charge on any atom is 0.309 e. The van der Waals surface area contributed by atoms with Crippen LogP contribution in [0.25, 0.3) is 22.3 Å². The summed E-state index contributed by atoms with van der Waals surface area (Å²) in [5, 5.41) is 0. The van der Waals surface area contributed by atoms with E-state index in [1.165, 1.54) is 5.56 Å². The Morgan fingerprint density at radius 3 is 2.47 bits per heavy atom. The molecule has 0 amide bonds. The molecule has 1 unspecified atom stereocenters. The average Bonchev–Trinajstić information content (AvgIpc) is 3.38. The first kappa shape index (κ1) is 20.5. The van der Waals surface area contributed by atoms with Gasteiger partial charge >= 0.3 is 11.3 Å². The van der Waals surface area contributed by atoms with Crippen molar-refractivity contribution in [2.45, 2.75) is 33.7 Å². The first-order valence-corrected chi connectivity index (χ1v) is 11.5. The van der Waals surface area contributed by atoms with Crippen LogP contribution in [-0.2, 0) is 28.5 Å². The van der Waals surface area contributed by atoms with Gasteiger partial charge in [-0.05, 0) is 42.2 Å². The van der Waals surface area contributed by atoms with E-state index >= 15 is 0 Å². The van der Waals surface area contributed by atoms with Crippen LogP contribution >= 0.6 is 0 Å². The molecule has 8 heteroatoms. The lowest BCUT2D eigenvalue weighted by Crippen LogP contribution is -2.18. The predicted octanol–water partition coefficient (Wildman–Crippen LogP) is 4.19. The second kappa shape index (κ2) is 8.29. The van der Waals surface area contributed by atoms with Gasteiger partial charge in [0.15, 0.2) is 11.5 Å². The highest BCUT2D eigenvalue weighted by molar-refractivity contribution is 7.79.